The topological polar surface area (TPSA) is 83.4 Å². The normalized spacial score (nSPS) is 22.4. The van der Waals surface area contributed by atoms with Crippen molar-refractivity contribution in [2.45, 2.75) is 31.2 Å². The van der Waals surface area contributed by atoms with Crippen molar-refractivity contribution >= 4 is 17.8 Å². The molecule has 0 radical (unpaired) electrons. The van der Waals surface area contributed by atoms with Crippen LogP contribution in [0, 0.1) is 5.92 Å². The van der Waals surface area contributed by atoms with Crippen molar-refractivity contribution in [1.82, 2.24) is 20.1 Å². The number of nitrogens with zero attached hydrogens (tertiary/aromatic N) is 2. The van der Waals surface area contributed by atoms with Gasteiger partial charge in [0, 0.05) is 39.0 Å². The van der Waals surface area contributed by atoms with Crippen LogP contribution in [0.5, 0.6) is 0 Å². The molecule has 3 heterocycles. The largest absolute Gasteiger partial charge is 0.357 e. The Kier molecular flexibility index (Phi) is 5.13. The molecule has 152 valence electrons. The summed E-state index contributed by atoms with van der Waals surface area (Å²) in [5.41, 5.74) is 1.06. The van der Waals surface area contributed by atoms with Gasteiger partial charge < -0.3 is 14.8 Å². The Morgan fingerprint density at radius 3 is 2.41 bits per heavy atom. The predicted octanol–water partition coefficient (Wildman–Crippen LogP) is 1.63. The van der Waals surface area contributed by atoms with E-state index in [9.17, 15) is 14.4 Å². The molecular formula is C22H26N4O3. The van der Waals surface area contributed by atoms with Gasteiger partial charge in [-0.05, 0) is 36.0 Å². The first-order chi connectivity index (χ1) is 14.0. The molecule has 2 saturated heterocycles. The standard InChI is InChI=1S/C22H26N4O3/c1-25-10-7-17(15-25)13-19(27)26-11-8-18(9-12-26)22(20(28)23-21(29)24-22)14-16-5-3-2-4-6-16/h2-7,10,15,18H,8-9,11-14H2,1H3,(H2,23,24,28,29). The number of hydrogen-bond acceptors (Lipinski definition) is 3. The summed E-state index contributed by atoms with van der Waals surface area (Å²) < 4.78 is 1.93. The Morgan fingerprint density at radius 1 is 1.10 bits per heavy atom. The van der Waals surface area contributed by atoms with Gasteiger partial charge in [0.2, 0.25) is 5.91 Å². The number of aryl methyl sites for hydroxylation is 1. The second-order valence-electron chi connectivity index (χ2n) is 8.06. The van der Waals surface area contributed by atoms with E-state index in [0.717, 1.165) is 11.1 Å². The summed E-state index contributed by atoms with van der Waals surface area (Å²) in [5, 5.41) is 5.34. The smallest absolute Gasteiger partial charge is 0.322 e. The van der Waals surface area contributed by atoms with Crippen molar-refractivity contribution in [2.75, 3.05) is 13.1 Å². The Balaban J connectivity index is 1.45. The van der Waals surface area contributed by atoms with Crippen LogP contribution in [-0.4, -0.2) is 45.9 Å². The van der Waals surface area contributed by atoms with Crippen LogP contribution >= 0.6 is 0 Å². The zero-order valence-corrected chi connectivity index (χ0v) is 16.6. The highest BCUT2D eigenvalue weighted by Gasteiger charge is 2.52. The second-order valence-corrected chi connectivity index (χ2v) is 8.06. The molecule has 29 heavy (non-hydrogen) atoms. The lowest BCUT2D eigenvalue weighted by Crippen LogP contribution is -2.58. The molecule has 1 aromatic carbocycles. The van der Waals surface area contributed by atoms with Gasteiger partial charge in [-0.2, -0.15) is 0 Å². The summed E-state index contributed by atoms with van der Waals surface area (Å²) in [4.78, 5) is 39.3. The van der Waals surface area contributed by atoms with Gasteiger partial charge >= 0.3 is 6.03 Å². The highest BCUT2D eigenvalue weighted by Crippen LogP contribution is 2.34. The minimum absolute atomic E-state index is 0.0186. The van der Waals surface area contributed by atoms with Crippen molar-refractivity contribution in [2.24, 2.45) is 13.0 Å². The summed E-state index contributed by atoms with van der Waals surface area (Å²) in [6.07, 6.45) is 6.09. The van der Waals surface area contributed by atoms with E-state index in [4.69, 9.17) is 0 Å². The van der Waals surface area contributed by atoms with E-state index in [-0.39, 0.29) is 17.7 Å². The van der Waals surface area contributed by atoms with Gasteiger partial charge in [-0.1, -0.05) is 30.3 Å². The fourth-order valence-corrected chi connectivity index (χ4v) is 4.55. The average molecular weight is 394 g/mol. The van der Waals surface area contributed by atoms with Crippen molar-refractivity contribution in [3.63, 3.8) is 0 Å². The summed E-state index contributed by atoms with van der Waals surface area (Å²) >= 11 is 0. The number of hydrogen-bond donors (Lipinski definition) is 2. The van der Waals surface area contributed by atoms with Crippen molar-refractivity contribution in [3.05, 3.63) is 59.9 Å². The molecule has 2 aliphatic heterocycles. The maximum absolute atomic E-state index is 12.8. The van der Waals surface area contributed by atoms with Crippen molar-refractivity contribution < 1.29 is 14.4 Å². The molecule has 0 saturated carbocycles. The first-order valence-electron chi connectivity index (χ1n) is 10.0. The van der Waals surface area contributed by atoms with Crippen LogP contribution in [0.3, 0.4) is 0 Å². The summed E-state index contributed by atoms with van der Waals surface area (Å²) in [6.45, 7) is 1.19. The van der Waals surface area contributed by atoms with Gasteiger partial charge in [-0.25, -0.2) is 4.79 Å². The maximum Gasteiger partial charge on any atom is 0.322 e. The highest BCUT2D eigenvalue weighted by atomic mass is 16.2. The molecule has 2 fully saturated rings. The minimum atomic E-state index is -0.951. The number of urea groups is 1. The molecule has 1 aromatic heterocycles. The van der Waals surface area contributed by atoms with Gasteiger partial charge in [-0.15, -0.1) is 0 Å². The van der Waals surface area contributed by atoms with Crippen LogP contribution in [0.4, 0.5) is 4.79 Å². The first kappa shape index (κ1) is 19.2. The van der Waals surface area contributed by atoms with Crippen LogP contribution in [0.2, 0.25) is 0 Å². The summed E-state index contributed by atoms with van der Waals surface area (Å²) in [6, 6.07) is 11.3. The molecule has 1 atom stereocenters. The summed E-state index contributed by atoms with van der Waals surface area (Å²) in [7, 11) is 1.94. The van der Waals surface area contributed by atoms with E-state index in [2.05, 4.69) is 10.6 Å². The number of amides is 4. The van der Waals surface area contributed by atoms with Gasteiger partial charge in [0.25, 0.3) is 5.91 Å². The number of benzene rings is 1. The van der Waals surface area contributed by atoms with E-state index in [1.165, 1.54) is 0 Å². The quantitative estimate of drug-likeness (QED) is 0.756. The maximum atomic E-state index is 12.8. The SMILES string of the molecule is Cn1ccc(CC(=O)N2CCC(C3(Cc4ccccc4)NC(=O)NC3=O)CC2)c1. The number of imide groups is 1. The second kappa shape index (κ2) is 7.73. The lowest BCUT2D eigenvalue weighted by molar-refractivity contribution is -0.133. The van der Waals surface area contributed by atoms with Crippen molar-refractivity contribution in [1.29, 1.82) is 0 Å². The third-order valence-electron chi connectivity index (χ3n) is 6.09. The van der Waals surface area contributed by atoms with Gasteiger partial charge in [0.1, 0.15) is 5.54 Å². The number of nitrogens with one attached hydrogen (secondary N) is 2. The number of aromatic nitrogens is 1. The predicted molar refractivity (Wildman–Crippen MR) is 108 cm³/mol. The van der Waals surface area contributed by atoms with Crippen LogP contribution in [0.1, 0.15) is 24.0 Å². The van der Waals surface area contributed by atoms with Crippen molar-refractivity contribution in [3.8, 4) is 0 Å². The fourth-order valence-electron chi connectivity index (χ4n) is 4.55. The van der Waals surface area contributed by atoms with E-state index < -0.39 is 11.6 Å². The Hall–Kier alpha value is -3.09. The lowest BCUT2D eigenvalue weighted by atomic mass is 9.74. The molecule has 2 N–H and O–H groups in total. The van der Waals surface area contributed by atoms with Gasteiger partial charge in [0.15, 0.2) is 0 Å². The molecular weight excluding hydrogens is 368 g/mol. The monoisotopic (exact) mass is 394 g/mol. The third-order valence-corrected chi connectivity index (χ3v) is 6.09. The Morgan fingerprint density at radius 2 is 1.83 bits per heavy atom. The molecule has 0 bridgehead atoms. The Bertz CT molecular complexity index is 915. The number of carbonyl (C=O) groups is 3. The third kappa shape index (κ3) is 3.90. The molecule has 7 nitrogen and oxygen atoms in total. The van der Waals surface area contributed by atoms with Crippen LogP contribution in [0.15, 0.2) is 48.8 Å². The van der Waals surface area contributed by atoms with Gasteiger partial charge in [0.05, 0.1) is 6.42 Å². The number of piperidine rings is 1. The minimum Gasteiger partial charge on any atom is -0.357 e. The molecule has 4 rings (SSSR count). The number of rotatable bonds is 5. The fraction of sp³-hybridized carbons (Fsp3) is 0.409. The van der Waals surface area contributed by atoms with E-state index >= 15 is 0 Å². The van der Waals surface area contributed by atoms with E-state index in [0.29, 0.717) is 38.8 Å². The highest BCUT2D eigenvalue weighted by molar-refractivity contribution is 6.07. The van der Waals surface area contributed by atoms with E-state index in [1.54, 1.807) is 0 Å². The molecule has 0 aliphatic carbocycles. The number of likely N-dealkylation sites (tertiary alicyclic amines) is 1. The zero-order valence-electron chi connectivity index (χ0n) is 16.6. The zero-order chi connectivity index (χ0) is 20.4. The molecule has 2 aliphatic rings. The average Bonchev–Trinajstić information content (AvgIpc) is 3.25. The van der Waals surface area contributed by atoms with Crippen LogP contribution in [0.25, 0.3) is 0 Å². The Labute approximate surface area is 170 Å². The lowest BCUT2D eigenvalue weighted by Gasteiger charge is -2.40. The van der Waals surface area contributed by atoms with Crippen LogP contribution in [-0.2, 0) is 29.5 Å². The molecule has 7 heteroatoms. The first-order valence-corrected chi connectivity index (χ1v) is 10.0. The van der Waals surface area contributed by atoms with E-state index in [1.807, 2.05) is 65.3 Å². The molecule has 0 spiro atoms. The number of carbonyl (C=O) groups excluding carboxylic acids is 3. The molecule has 2 aromatic rings. The van der Waals surface area contributed by atoms with Gasteiger partial charge in [-0.3, -0.25) is 14.9 Å². The molecule has 1 unspecified atom stereocenters. The summed E-state index contributed by atoms with van der Waals surface area (Å²) in [5.74, 6) is -0.179. The molecule has 4 amide bonds. The van der Waals surface area contributed by atoms with Crippen LogP contribution < -0.4 is 10.6 Å².